The predicted molar refractivity (Wildman–Crippen MR) is 103 cm³/mol. The summed E-state index contributed by atoms with van der Waals surface area (Å²) in [5.74, 6) is -0.196. The number of nitrogens with zero attached hydrogens (tertiary/aromatic N) is 1. The molecule has 0 aliphatic rings. The van der Waals surface area contributed by atoms with Gasteiger partial charge in [0.05, 0.1) is 10.6 Å². The minimum Gasteiger partial charge on any atom is -0.356 e. The van der Waals surface area contributed by atoms with E-state index in [2.05, 4.69) is 5.32 Å². The summed E-state index contributed by atoms with van der Waals surface area (Å²) < 4.78 is 27.5. The van der Waals surface area contributed by atoms with E-state index < -0.39 is 10.0 Å². The Kier molecular flexibility index (Phi) is 7.17. The summed E-state index contributed by atoms with van der Waals surface area (Å²) in [7, 11) is -3.76. The van der Waals surface area contributed by atoms with Crippen molar-refractivity contribution in [2.75, 3.05) is 23.9 Å². The first-order valence-electron chi connectivity index (χ1n) is 8.56. The van der Waals surface area contributed by atoms with Gasteiger partial charge in [-0.1, -0.05) is 35.9 Å². The van der Waals surface area contributed by atoms with E-state index in [1.807, 2.05) is 13.0 Å². The highest BCUT2D eigenvalue weighted by molar-refractivity contribution is 7.92. The van der Waals surface area contributed by atoms with Crippen LogP contribution in [0.2, 0.25) is 0 Å². The highest BCUT2D eigenvalue weighted by atomic mass is 32.2. The Labute approximate surface area is 155 Å². The zero-order valence-corrected chi connectivity index (χ0v) is 15.7. The Morgan fingerprint density at radius 2 is 1.73 bits per heavy atom. The SMILES string of the molecule is Cc1ccc(S(=O)(=O)N(CCC(=O)NCCCN)c2ccccc2)cc1. The van der Waals surface area contributed by atoms with E-state index in [0.717, 1.165) is 5.56 Å². The number of rotatable bonds is 9. The summed E-state index contributed by atoms with van der Waals surface area (Å²) in [5.41, 5.74) is 6.92. The summed E-state index contributed by atoms with van der Waals surface area (Å²) >= 11 is 0. The van der Waals surface area contributed by atoms with Crippen LogP contribution < -0.4 is 15.4 Å². The lowest BCUT2D eigenvalue weighted by molar-refractivity contribution is -0.120. The van der Waals surface area contributed by atoms with Crippen LogP contribution >= 0.6 is 0 Å². The smallest absolute Gasteiger partial charge is 0.264 e. The van der Waals surface area contributed by atoms with Gasteiger partial charge in [0.25, 0.3) is 10.0 Å². The minimum absolute atomic E-state index is 0.0642. The Balaban J connectivity index is 2.22. The molecule has 26 heavy (non-hydrogen) atoms. The lowest BCUT2D eigenvalue weighted by Gasteiger charge is -2.24. The highest BCUT2D eigenvalue weighted by Gasteiger charge is 2.25. The average Bonchev–Trinajstić information content (AvgIpc) is 2.63. The zero-order valence-electron chi connectivity index (χ0n) is 14.9. The normalized spacial score (nSPS) is 11.2. The van der Waals surface area contributed by atoms with Gasteiger partial charge in [-0.05, 0) is 44.2 Å². The first-order chi connectivity index (χ1) is 12.4. The molecule has 0 aromatic heterocycles. The van der Waals surface area contributed by atoms with Gasteiger partial charge in [0.15, 0.2) is 0 Å². The number of nitrogens with one attached hydrogen (secondary N) is 1. The van der Waals surface area contributed by atoms with Crippen LogP contribution in [0, 0.1) is 6.92 Å². The molecule has 0 fully saturated rings. The molecule has 0 aliphatic heterocycles. The maximum atomic E-state index is 13.1. The van der Waals surface area contributed by atoms with Gasteiger partial charge in [0, 0.05) is 19.5 Å². The van der Waals surface area contributed by atoms with E-state index in [-0.39, 0.29) is 23.8 Å². The van der Waals surface area contributed by atoms with E-state index in [1.165, 1.54) is 4.31 Å². The second-order valence-electron chi connectivity index (χ2n) is 5.97. The topological polar surface area (TPSA) is 92.5 Å². The Morgan fingerprint density at radius 3 is 2.35 bits per heavy atom. The lowest BCUT2D eigenvalue weighted by atomic mass is 10.2. The van der Waals surface area contributed by atoms with Crippen molar-refractivity contribution in [1.29, 1.82) is 0 Å². The van der Waals surface area contributed by atoms with Gasteiger partial charge in [-0.15, -0.1) is 0 Å². The van der Waals surface area contributed by atoms with Crippen molar-refractivity contribution < 1.29 is 13.2 Å². The van der Waals surface area contributed by atoms with E-state index in [0.29, 0.717) is 25.2 Å². The van der Waals surface area contributed by atoms with Crippen LogP contribution in [0.25, 0.3) is 0 Å². The number of benzene rings is 2. The first kappa shape index (κ1) is 19.9. The number of anilines is 1. The molecule has 0 atom stereocenters. The molecule has 0 saturated heterocycles. The van der Waals surface area contributed by atoms with Crippen molar-refractivity contribution in [2.24, 2.45) is 5.73 Å². The molecule has 1 amide bonds. The molecule has 0 saturated carbocycles. The standard InChI is InChI=1S/C19H25N3O3S/c1-16-8-10-18(11-9-16)26(24,25)22(17-6-3-2-4-7-17)15-12-19(23)21-14-5-13-20/h2-4,6-11H,5,12-15,20H2,1H3,(H,21,23). The number of aryl methyl sites for hydroxylation is 1. The Hall–Kier alpha value is -2.38. The molecule has 0 radical (unpaired) electrons. The molecule has 0 aliphatic carbocycles. The molecule has 3 N–H and O–H groups in total. The summed E-state index contributed by atoms with van der Waals surface area (Å²) in [6.45, 7) is 2.95. The van der Waals surface area contributed by atoms with E-state index >= 15 is 0 Å². The van der Waals surface area contributed by atoms with Crippen molar-refractivity contribution in [3.63, 3.8) is 0 Å². The number of carbonyl (C=O) groups excluding carboxylic acids is 1. The fourth-order valence-electron chi connectivity index (χ4n) is 2.44. The fourth-order valence-corrected chi connectivity index (χ4v) is 3.91. The molecule has 0 spiro atoms. The molecule has 7 heteroatoms. The van der Waals surface area contributed by atoms with Gasteiger partial charge in [-0.25, -0.2) is 8.42 Å². The third kappa shape index (κ3) is 5.31. The molecule has 6 nitrogen and oxygen atoms in total. The summed E-state index contributed by atoms with van der Waals surface area (Å²) in [6.07, 6.45) is 0.764. The average molecular weight is 375 g/mol. The van der Waals surface area contributed by atoms with Crippen LogP contribution in [-0.2, 0) is 14.8 Å². The zero-order chi connectivity index (χ0) is 19.0. The first-order valence-corrected chi connectivity index (χ1v) is 10.0. The molecule has 2 aromatic carbocycles. The maximum absolute atomic E-state index is 13.1. The van der Waals surface area contributed by atoms with Crippen LogP contribution in [0.15, 0.2) is 59.5 Å². The summed E-state index contributed by atoms with van der Waals surface area (Å²) in [5, 5.41) is 2.75. The molecular weight excluding hydrogens is 350 g/mol. The number of sulfonamides is 1. The van der Waals surface area contributed by atoms with Crippen LogP contribution in [0.4, 0.5) is 5.69 Å². The van der Waals surface area contributed by atoms with Crippen LogP contribution in [0.1, 0.15) is 18.4 Å². The number of nitrogens with two attached hydrogens (primary N) is 1. The van der Waals surface area contributed by atoms with Gasteiger partial charge in [0.1, 0.15) is 0 Å². The molecule has 140 valence electrons. The molecule has 2 rings (SSSR count). The molecule has 0 bridgehead atoms. The quantitative estimate of drug-likeness (QED) is 0.656. The predicted octanol–water partition coefficient (Wildman–Crippen LogP) is 2.05. The molecular formula is C19H25N3O3S. The number of hydrogen-bond acceptors (Lipinski definition) is 4. The molecule has 2 aromatic rings. The number of amides is 1. The minimum atomic E-state index is -3.76. The van der Waals surface area contributed by atoms with E-state index in [1.54, 1.807) is 48.5 Å². The van der Waals surface area contributed by atoms with Crippen molar-refractivity contribution in [3.05, 3.63) is 60.2 Å². The number of carbonyl (C=O) groups is 1. The lowest BCUT2D eigenvalue weighted by Crippen LogP contribution is -2.35. The summed E-state index contributed by atoms with van der Waals surface area (Å²) in [6, 6.07) is 15.5. The van der Waals surface area contributed by atoms with E-state index in [9.17, 15) is 13.2 Å². The number of para-hydroxylation sites is 1. The van der Waals surface area contributed by atoms with Crippen molar-refractivity contribution >= 4 is 21.6 Å². The van der Waals surface area contributed by atoms with Crippen molar-refractivity contribution in [2.45, 2.75) is 24.7 Å². The van der Waals surface area contributed by atoms with Crippen LogP contribution in [0.5, 0.6) is 0 Å². The van der Waals surface area contributed by atoms with Crippen LogP contribution in [0.3, 0.4) is 0 Å². The Bertz CT molecular complexity index is 806. The maximum Gasteiger partial charge on any atom is 0.264 e. The van der Waals surface area contributed by atoms with Crippen molar-refractivity contribution in [1.82, 2.24) is 5.32 Å². The fraction of sp³-hybridized carbons (Fsp3) is 0.316. The second-order valence-corrected chi connectivity index (χ2v) is 7.83. The monoisotopic (exact) mass is 375 g/mol. The van der Waals surface area contributed by atoms with Gasteiger partial charge >= 0.3 is 0 Å². The summed E-state index contributed by atoms with van der Waals surface area (Å²) in [4.78, 5) is 12.2. The van der Waals surface area contributed by atoms with Gasteiger partial charge in [0.2, 0.25) is 5.91 Å². The van der Waals surface area contributed by atoms with Crippen molar-refractivity contribution in [3.8, 4) is 0 Å². The van der Waals surface area contributed by atoms with E-state index in [4.69, 9.17) is 5.73 Å². The molecule has 0 unspecified atom stereocenters. The van der Waals surface area contributed by atoms with Gasteiger partial charge in [-0.3, -0.25) is 9.10 Å². The third-order valence-corrected chi connectivity index (χ3v) is 5.74. The van der Waals surface area contributed by atoms with Gasteiger partial charge in [-0.2, -0.15) is 0 Å². The Morgan fingerprint density at radius 1 is 1.08 bits per heavy atom. The van der Waals surface area contributed by atoms with Crippen LogP contribution in [-0.4, -0.2) is 34.0 Å². The van der Waals surface area contributed by atoms with Gasteiger partial charge < -0.3 is 11.1 Å². The second kappa shape index (κ2) is 9.35. The third-order valence-electron chi connectivity index (χ3n) is 3.90. The largest absolute Gasteiger partial charge is 0.356 e. The highest BCUT2D eigenvalue weighted by Crippen LogP contribution is 2.24. The molecule has 0 heterocycles. The number of hydrogen-bond donors (Lipinski definition) is 2.